The summed E-state index contributed by atoms with van der Waals surface area (Å²) >= 11 is 0. The highest BCUT2D eigenvalue weighted by Gasteiger charge is 2.44. The van der Waals surface area contributed by atoms with E-state index in [0.29, 0.717) is 48.0 Å². The molecule has 2 aromatic rings. The minimum atomic E-state index is -3.55. The van der Waals surface area contributed by atoms with Crippen molar-refractivity contribution in [2.24, 2.45) is 0 Å². The number of hydrogen-bond acceptors (Lipinski definition) is 8. The molecule has 1 N–H and O–H groups in total. The second kappa shape index (κ2) is 9.63. The summed E-state index contributed by atoms with van der Waals surface area (Å²) in [6, 6.07) is 9.17. The Balaban J connectivity index is 1.79. The Morgan fingerprint density at radius 2 is 1.79 bits per heavy atom. The third kappa shape index (κ3) is 4.60. The van der Waals surface area contributed by atoms with Gasteiger partial charge in [-0.2, -0.15) is 0 Å². The van der Waals surface area contributed by atoms with Gasteiger partial charge >= 0.3 is 0 Å². The number of anilines is 1. The number of ether oxygens (including phenoxy) is 2. The second-order valence-corrected chi connectivity index (χ2v) is 10.6. The van der Waals surface area contributed by atoms with Gasteiger partial charge in [0.25, 0.3) is 11.8 Å². The molecule has 2 aliphatic rings. The molecule has 2 aliphatic heterocycles. The first kappa shape index (κ1) is 24.0. The molecule has 0 bridgehead atoms. The predicted octanol–water partition coefficient (Wildman–Crippen LogP) is 1.89. The van der Waals surface area contributed by atoms with Crippen molar-refractivity contribution in [1.29, 1.82) is 0 Å². The summed E-state index contributed by atoms with van der Waals surface area (Å²) in [7, 11) is -2.04. The summed E-state index contributed by atoms with van der Waals surface area (Å²) < 4.78 is 35.8. The van der Waals surface area contributed by atoms with E-state index in [1.54, 1.807) is 30.3 Å². The number of nitrogens with zero attached hydrogens (tertiary/aromatic N) is 2. The molecule has 1 fully saturated rings. The van der Waals surface area contributed by atoms with Crippen LogP contribution in [0.2, 0.25) is 0 Å². The van der Waals surface area contributed by atoms with Crippen LogP contribution in [0.15, 0.2) is 36.4 Å². The van der Waals surface area contributed by atoms with Crippen LogP contribution in [-0.2, 0) is 9.84 Å². The van der Waals surface area contributed by atoms with E-state index in [2.05, 4.69) is 10.2 Å². The first-order valence-electron chi connectivity index (χ1n) is 11.2. The molecule has 0 aliphatic carbocycles. The minimum Gasteiger partial charge on any atom is -0.493 e. The van der Waals surface area contributed by atoms with Gasteiger partial charge in [-0.05, 0) is 36.8 Å². The molecule has 182 valence electrons. The molecule has 4 rings (SSSR count). The summed E-state index contributed by atoms with van der Waals surface area (Å²) in [5, 5.41) is 3.28. The fraction of sp³-hybridized carbons (Fsp3) is 0.417. The standard InChI is InChI=1S/C24H29N3O6S/c1-4-33-21-14-16(8-9-20(21)32-2)19(15-34(3,30)31)27-23(28)17-6-5-7-18(22(17)24(27)29)26-12-10-25-11-13-26/h5-9,14,19,25H,4,10-13,15H2,1-3H3/t19-/m1/s1. The highest BCUT2D eigenvalue weighted by Crippen LogP contribution is 2.39. The van der Waals surface area contributed by atoms with Crippen LogP contribution in [0.3, 0.4) is 0 Å². The molecule has 1 saturated heterocycles. The Kier molecular flexibility index (Phi) is 6.81. The Morgan fingerprint density at radius 3 is 2.44 bits per heavy atom. The summed E-state index contributed by atoms with van der Waals surface area (Å²) in [5.41, 5.74) is 1.79. The lowest BCUT2D eigenvalue weighted by atomic mass is 10.1. The van der Waals surface area contributed by atoms with Crippen molar-refractivity contribution in [1.82, 2.24) is 10.2 Å². The molecule has 0 saturated carbocycles. The van der Waals surface area contributed by atoms with Crippen LogP contribution in [0.4, 0.5) is 5.69 Å². The van der Waals surface area contributed by atoms with Crippen LogP contribution in [0, 0.1) is 0 Å². The van der Waals surface area contributed by atoms with Gasteiger partial charge < -0.3 is 19.7 Å². The van der Waals surface area contributed by atoms with Gasteiger partial charge in [0, 0.05) is 32.4 Å². The minimum absolute atomic E-state index is 0.290. The van der Waals surface area contributed by atoms with Crippen molar-refractivity contribution in [2.75, 3.05) is 56.8 Å². The first-order valence-corrected chi connectivity index (χ1v) is 13.3. The number of imide groups is 1. The number of nitrogens with one attached hydrogen (secondary N) is 1. The normalized spacial score (nSPS) is 17.0. The molecule has 2 amide bonds. The molecule has 2 heterocycles. The third-order valence-electron chi connectivity index (χ3n) is 6.03. The summed E-state index contributed by atoms with van der Waals surface area (Å²) in [5.74, 6) is -0.499. The fourth-order valence-corrected chi connectivity index (χ4v) is 5.43. The van der Waals surface area contributed by atoms with Gasteiger partial charge in [0.2, 0.25) is 0 Å². The van der Waals surface area contributed by atoms with Crippen LogP contribution in [0.1, 0.15) is 39.2 Å². The van der Waals surface area contributed by atoms with Crippen LogP contribution >= 0.6 is 0 Å². The van der Waals surface area contributed by atoms with Gasteiger partial charge in [-0.25, -0.2) is 8.42 Å². The number of carbonyl (C=O) groups excluding carboxylic acids is 2. The number of benzene rings is 2. The van der Waals surface area contributed by atoms with Crippen LogP contribution in [0.5, 0.6) is 11.5 Å². The Bertz CT molecular complexity index is 1210. The average Bonchev–Trinajstić information content (AvgIpc) is 3.08. The number of amides is 2. The van der Waals surface area contributed by atoms with E-state index in [1.165, 1.54) is 7.11 Å². The van der Waals surface area contributed by atoms with E-state index in [1.807, 2.05) is 13.0 Å². The van der Waals surface area contributed by atoms with E-state index >= 15 is 0 Å². The maximum atomic E-state index is 13.7. The zero-order valence-corrected chi connectivity index (χ0v) is 20.4. The molecule has 2 aromatic carbocycles. The van der Waals surface area contributed by atoms with Crippen molar-refractivity contribution in [3.05, 3.63) is 53.1 Å². The largest absolute Gasteiger partial charge is 0.493 e. The van der Waals surface area contributed by atoms with Crippen molar-refractivity contribution in [2.45, 2.75) is 13.0 Å². The average molecular weight is 488 g/mol. The van der Waals surface area contributed by atoms with E-state index in [9.17, 15) is 18.0 Å². The highest BCUT2D eigenvalue weighted by molar-refractivity contribution is 7.90. The van der Waals surface area contributed by atoms with Crippen molar-refractivity contribution < 1.29 is 27.5 Å². The van der Waals surface area contributed by atoms with Crippen LogP contribution in [0.25, 0.3) is 0 Å². The molecule has 0 spiro atoms. The van der Waals surface area contributed by atoms with Gasteiger partial charge in [-0.3, -0.25) is 14.5 Å². The lowest BCUT2D eigenvalue weighted by Gasteiger charge is -2.31. The summed E-state index contributed by atoms with van der Waals surface area (Å²) in [6.45, 7) is 5.16. The van der Waals surface area contributed by atoms with Gasteiger partial charge in [0.1, 0.15) is 9.84 Å². The zero-order valence-electron chi connectivity index (χ0n) is 19.5. The van der Waals surface area contributed by atoms with Crippen molar-refractivity contribution in [3.63, 3.8) is 0 Å². The molecule has 9 nitrogen and oxygen atoms in total. The van der Waals surface area contributed by atoms with Gasteiger partial charge in [0.15, 0.2) is 11.5 Å². The number of rotatable bonds is 8. The molecular weight excluding hydrogens is 458 g/mol. The molecule has 34 heavy (non-hydrogen) atoms. The summed E-state index contributed by atoms with van der Waals surface area (Å²) in [6.07, 6.45) is 1.09. The topological polar surface area (TPSA) is 105 Å². The Hall–Kier alpha value is -3.11. The number of fused-ring (bicyclic) bond motifs is 1. The predicted molar refractivity (Wildman–Crippen MR) is 129 cm³/mol. The number of piperazine rings is 1. The maximum absolute atomic E-state index is 13.7. The highest BCUT2D eigenvalue weighted by atomic mass is 32.2. The number of carbonyl (C=O) groups is 2. The fourth-order valence-electron chi connectivity index (χ4n) is 4.51. The van der Waals surface area contributed by atoms with E-state index in [-0.39, 0.29) is 5.56 Å². The maximum Gasteiger partial charge on any atom is 0.264 e. The second-order valence-electron chi connectivity index (χ2n) is 8.37. The molecule has 10 heteroatoms. The molecule has 1 atom stereocenters. The summed E-state index contributed by atoms with van der Waals surface area (Å²) in [4.78, 5) is 30.4. The molecule has 0 aromatic heterocycles. The lowest BCUT2D eigenvalue weighted by molar-refractivity contribution is 0.0597. The number of methoxy groups -OCH3 is 1. The monoisotopic (exact) mass is 487 g/mol. The van der Waals surface area contributed by atoms with Crippen molar-refractivity contribution in [3.8, 4) is 11.5 Å². The van der Waals surface area contributed by atoms with E-state index in [0.717, 1.165) is 24.2 Å². The zero-order chi connectivity index (χ0) is 24.5. The van der Waals surface area contributed by atoms with E-state index in [4.69, 9.17) is 9.47 Å². The Morgan fingerprint density at radius 1 is 1.06 bits per heavy atom. The number of sulfone groups is 1. The van der Waals surface area contributed by atoms with Crippen LogP contribution in [-0.4, -0.2) is 77.0 Å². The van der Waals surface area contributed by atoms with Gasteiger partial charge in [-0.15, -0.1) is 0 Å². The van der Waals surface area contributed by atoms with Gasteiger partial charge in [-0.1, -0.05) is 12.1 Å². The molecular formula is C24H29N3O6S. The van der Waals surface area contributed by atoms with Gasteiger partial charge in [0.05, 0.1) is 42.3 Å². The Labute approximate surface area is 199 Å². The number of hydrogen-bond donors (Lipinski definition) is 1. The van der Waals surface area contributed by atoms with E-state index < -0.39 is 33.4 Å². The first-order chi connectivity index (χ1) is 16.2. The third-order valence-corrected chi connectivity index (χ3v) is 6.95. The lowest BCUT2D eigenvalue weighted by Crippen LogP contribution is -2.44. The quantitative estimate of drug-likeness (QED) is 0.563. The smallest absolute Gasteiger partial charge is 0.264 e. The SMILES string of the molecule is CCOc1cc([C@@H](CS(C)(=O)=O)N2C(=O)c3cccc(N4CCNCC4)c3C2=O)ccc1OC. The van der Waals surface area contributed by atoms with Crippen LogP contribution < -0.4 is 19.7 Å². The molecule has 0 unspecified atom stereocenters. The van der Waals surface area contributed by atoms with Crippen molar-refractivity contribution >= 4 is 27.3 Å². The molecule has 0 radical (unpaired) electrons.